The SMILES string of the molecule is COc1ccc(-c2[nH]n(-c3nc4ccccc4s3)c(=O)c2C(C)=NCCc2ccc(Cl)cc2)cc1. The summed E-state index contributed by atoms with van der Waals surface area (Å²) in [6, 6.07) is 23.2. The Hall–Kier alpha value is -3.68. The average Bonchev–Trinajstić information content (AvgIpc) is 3.46. The first-order chi connectivity index (χ1) is 17.0. The number of aromatic amines is 1. The number of H-pyrrole nitrogens is 1. The van der Waals surface area contributed by atoms with Crippen LogP contribution in [-0.2, 0) is 6.42 Å². The lowest BCUT2D eigenvalue weighted by Crippen LogP contribution is -2.19. The lowest BCUT2D eigenvalue weighted by Gasteiger charge is -2.05. The van der Waals surface area contributed by atoms with Crippen LogP contribution in [0, 0.1) is 0 Å². The fraction of sp³-hybridized carbons (Fsp3) is 0.148. The molecule has 6 nitrogen and oxygen atoms in total. The van der Waals surface area contributed by atoms with Crippen molar-refractivity contribution in [2.45, 2.75) is 13.3 Å². The molecule has 0 unspecified atom stereocenters. The zero-order valence-electron chi connectivity index (χ0n) is 19.3. The molecule has 5 aromatic rings. The minimum atomic E-state index is -0.178. The Kier molecular flexibility index (Phi) is 6.53. The van der Waals surface area contributed by atoms with Crippen LogP contribution in [0.4, 0.5) is 0 Å². The van der Waals surface area contributed by atoms with Crippen LogP contribution in [0.5, 0.6) is 5.75 Å². The molecule has 0 radical (unpaired) electrons. The maximum absolute atomic E-state index is 13.7. The van der Waals surface area contributed by atoms with Gasteiger partial charge in [-0.2, -0.15) is 4.68 Å². The van der Waals surface area contributed by atoms with Crippen molar-refractivity contribution in [2.24, 2.45) is 4.99 Å². The zero-order valence-corrected chi connectivity index (χ0v) is 20.9. The summed E-state index contributed by atoms with van der Waals surface area (Å²) in [5.41, 5.74) is 4.59. The number of aromatic nitrogens is 3. The molecule has 0 spiro atoms. The third-order valence-corrected chi connectivity index (χ3v) is 7.04. The largest absolute Gasteiger partial charge is 0.497 e. The molecule has 0 amide bonds. The number of hydrogen-bond donors (Lipinski definition) is 1. The van der Waals surface area contributed by atoms with Gasteiger partial charge in [-0.3, -0.25) is 14.9 Å². The van der Waals surface area contributed by atoms with Crippen LogP contribution in [-0.4, -0.2) is 34.1 Å². The maximum atomic E-state index is 13.7. The number of methoxy groups -OCH3 is 1. The second-order valence-electron chi connectivity index (χ2n) is 8.04. The van der Waals surface area contributed by atoms with E-state index < -0.39 is 0 Å². The van der Waals surface area contributed by atoms with Crippen molar-refractivity contribution in [3.8, 4) is 22.1 Å². The van der Waals surface area contributed by atoms with Crippen LogP contribution in [0.1, 0.15) is 18.1 Å². The molecule has 176 valence electrons. The van der Waals surface area contributed by atoms with Crippen molar-refractivity contribution in [3.05, 3.63) is 99.3 Å². The number of aliphatic imine (C=N–C) groups is 1. The van der Waals surface area contributed by atoms with E-state index >= 15 is 0 Å². The molecule has 5 rings (SSSR count). The van der Waals surface area contributed by atoms with Crippen molar-refractivity contribution in [2.75, 3.05) is 13.7 Å². The predicted molar refractivity (Wildman–Crippen MR) is 144 cm³/mol. The van der Waals surface area contributed by atoms with Gasteiger partial charge in [-0.05, 0) is 67.4 Å². The van der Waals surface area contributed by atoms with Gasteiger partial charge in [0.2, 0.25) is 5.13 Å². The quantitative estimate of drug-likeness (QED) is 0.271. The topological polar surface area (TPSA) is 72.3 Å². The molecule has 0 saturated carbocycles. The van der Waals surface area contributed by atoms with E-state index in [2.05, 4.69) is 10.1 Å². The van der Waals surface area contributed by atoms with Gasteiger partial charge in [-0.1, -0.05) is 47.2 Å². The molecule has 2 aromatic heterocycles. The maximum Gasteiger partial charge on any atom is 0.283 e. The number of nitrogens with zero attached hydrogens (tertiary/aromatic N) is 3. The number of hydrogen-bond acceptors (Lipinski definition) is 5. The van der Waals surface area contributed by atoms with Crippen molar-refractivity contribution in [1.82, 2.24) is 14.8 Å². The van der Waals surface area contributed by atoms with Gasteiger partial charge < -0.3 is 4.74 Å². The molecular formula is C27H23ClN4O2S. The third kappa shape index (κ3) is 4.78. The number of halogens is 1. The summed E-state index contributed by atoms with van der Waals surface area (Å²) in [4.78, 5) is 23.1. The minimum absolute atomic E-state index is 0.178. The number of fused-ring (bicyclic) bond motifs is 1. The first-order valence-electron chi connectivity index (χ1n) is 11.1. The average molecular weight is 503 g/mol. The predicted octanol–water partition coefficient (Wildman–Crippen LogP) is 6.16. The van der Waals surface area contributed by atoms with Gasteiger partial charge in [0.05, 0.1) is 28.6 Å². The number of ether oxygens (including phenoxy) is 1. The molecule has 8 heteroatoms. The molecule has 0 bridgehead atoms. The van der Waals surface area contributed by atoms with E-state index in [0.717, 1.165) is 33.5 Å². The number of benzene rings is 3. The molecule has 0 aliphatic carbocycles. The number of thiazole rings is 1. The van der Waals surface area contributed by atoms with Crippen molar-refractivity contribution < 1.29 is 4.74 Å². The standard InChI is InChI=1S/C27H23ClN4O2S/c1-17(29-16-15-18-7-11-20(28)12-8-18)24-25(19-9-13-21(34-2)14-10-19)31-32(26(24)33)27-30-22-5-3-4-6-23(22)35-27/h3-14,31H,15-16H2,1-2H3. The van der Waals surface area contributed by atoms with Gasteiger partial charge in [0.1, 0.15) is 5.75 Å². The first-order valence-corrected chi connectivity index (χ1v) is 12.3. The first kappa shape index (κ1) is 23.1. The Morgan fingerprint density at radius 2 is 1.83 bits per heavy atom. The Balaban J connectivity index is 1.55. The van der Waals surface area contributed by atoms with E-state index in [0.29, 0.717) is 33.7 Å². The summed E-state index contributed by atoms with van der Waals surface area (Å²) in [5.74, 6) is 0.747. The van der Waals surface area contributed by atoms with E-state index in [9.17, 15) is 4.79 Å². The molecule has 0 saturated heterocycles. The van der Waals surface area contributed by atoms with E-state index in [-0.39, 0.29) is 5.56 Å². The van der Waals surface area contributed by atoms with Crippen LogP contribution in [0.3, 0.4) is 0 Å². The molecule has 0 atom stereocenters. The van der Waals surface area contributed by atoms with Crippen LogP contribution in [0.25, 0.3) is 26.6 Å². The summed E-state index contributed by atoms with van der Waals surface area (Å²) in [6.07, 6.45) is 0.753. The van der Waals surface area contributed by atoms with Gasteiger partial charge in [-0.15, -0.1) is 0 Å². The highest BCUT2D eigenvalue weighted by atomic mass is 35.5. The third-order valence-electron chi connectivity index (χ3n) is 5.77. The lowest BCUT2D eigenvalue weighted by molar-refractivity contribution is 0.415. The summed E-state index contributed by atoms with van der Waals surface area (Å²) in [6.45, 7) is 2.43. The number of para-hydroxylation sites is 1. The van der Waals surface area contributed by atoms with Crippen LogP contribution >= 0.6 is 22.9 Å². The number of rotatable bonds is 7. The Morgan fingerprint density at radius 3 is 2.54 bits per heavy atom. The van der Waals surface area contributed by atoms with Crippen LogP contribution < -0.4 is 10.3 Å². The molecule has 35 heavy (non-hydrogen) atoms. The molecule has 0 aliphatic heterocycles. The van der Waals surface area contributed by atoms with Gasteiger partial charge in [0.15, 0.2) is 0 Å². The van der Waals surface area contributed by atoms with Crippen LogP contribution in [0.15, 0.2) is 82.6 Å². The second kappa shape index (κ2) is 9.90. The summed E-state index contributed by atoms with van der Waals surface area (Å²) in [5, 5.41) is 4.59. The van der Waals surface area contributed by atoms with Gasteiger partial charge in [0, 0.05) is 22.8 Å². The zero-order chi connectivity index (χ0) is 24.4. The monoisotopic (exact) mass is 502 g/mol. The molecule has 3 aromatic carbocycles. The van der Waals surface area contributed by atoms with Crippen molar-refractivity contribution in [3.63, 3.8) is 0 Å². The molecule has 1 N–H and O–H groups in total. The number of nitrogens with one attached hydrogen (secondary N) is 1. The minimum Gasteiger partial charge on any atom is -0.497 e. The van der Waals surface area contributed by atoms with Crippen molar-refractivity contribution in [1.29, 1.82) is 0 Å². The van der Waals surface area contributed by atoms with E-state index in [1.54, 1.807) is 7.11 Å². The van der Waals surface area contributed by atoms with Crippen LogP contribution in [0.2, 0.25) is 5.02 Å². The van der Waals surface area contributed by atoms with E-state index in [1.165, 1.54) is 16.0 Å². The summed E-state index contributed by atoms with van der Waals surface area (Å²) < 4.78 is 7.83. The highest BCUT2D eigenvalue weighted by Gasteiger charge is 2.21. The normalized spacial score (nSPS) is 11.8. The highest BCUT2D eigenvalue weighted by Crippen LogP contribution is 2.27. The lowest BCUT2D eigenvalue weighted by atomic mass is 10.0. The fourth-order valence-electron chi connectivity index (χ4n) is 3.91. The van der Waals surface area contributed by atoms with Gasteiger partial charge in [-0.25, -0.2) is 4.98 Å². The summed E-state index contributed by atoms with van der Waals surface area (Å²) >= 11 is 7.45. The van der Waals surface area contributed by atoms with E-state index in [1.807, 2.05) is 79.7 Å². The Morgan fingerprint density at radius 1 is 1.09 bits per heavy atom. The van der Waals surface area contributed by atoms with Gasteiger partial charge >= 0.3 is 0 Å². The highest BCUT2D eigenvalue weighted by molar-refractivity contribution is 7.20. The Labute approximate surface area is 211 Å². The summed E-state index contributed by atoms with van der Waals surface area (Å²) in [7, 11) is 1.63. The van der Waals surface area contributed by atoms with Gasteiger partial charge in [0.25, 0.3) is 5.56 Å². The fourth-order valence-corrected chi connectivity index (χ4v) is 4.96. The second-order valence-corrected chi connectivity index (χ2v) is 9.48. The smallest absolute Gasteiger partial charge is 0.283 e. The molecule has 0 fully saturated rings. The molecule has 0 aliphatic rings. The van der Waals surface area contributed by atoms with E-state index in [4.69, 9.17) is 21.3 Å². The molecular weight excluding hydrogens is 480 g/mol. The molecule has 2 heterocycles. The Bertz CT molecular complexity index is 1530. The van der Waals surface area contributed by atoms with Crippen molar-refractivity contribution >= 4 is 38.9 Å².